The van der Waals surface area contributed by atoms with Crippen molar-refractivity contribution < 1.29 is 19.5 Å². The topological polar surface area (TPSA) is 86.7 Å². The minimum Gasteiger partial charge on any atom is -0.481 e. The minimum absolute atomic E-state index is 0.0522. The Morgan fingerprint density at radius 3 is 2.27 bits per heavy atom. The van der Waals surface area contributed by atoms with E-state index >= 15 is 0 Å². The van der Waals surface area contributed by atoms with Crippen LogP contribution in [0.1, 0.15) is 23.2 Å². The number of carboxylic acid groups (broad SMARTS) is 1. The highest BCUT2D eigenvalue weighted by atomic mass is 16.4. The number of carbonyl (C=O) groups is 3. The Morgan fingerprint density at radius 1 is 1.27 bits per heavy atom. The predicted octanol–water partition coefficient (Wildman–Crippen LogP) is 1.03. The maximum absolute atomic E-state index is 11.4. The number of likely N-dealkylation sites (N-methyl/N-ethyl adjacent to an activating group) is 1. The van der Waals surface area contributed by atoms with Gasteiger partial charge in [-0.1, -0.05) is 30.3 Å². The molecule has 1 aliphatic rings. The minimum atomic E-state index is -0.745. The largest absolute Gasteiger partial charge is 0.481 e. The number of hydrogen-bond acceptors (Lipinski definition) is 4. The summed E-state index contributed by atoms with van der Waals surface area (Å²) >= 11 is 0. The molecule has 0 spiro atoms. The summed E-state index contributed by atoms with van der Waals surface area (Å²) in [5.41, 5.74) is 0.729. The summed E-state index contributed by atoms with van der Waals surface area (Å²) in [4.78, 5) is 33.8. The summed E-state index contributed by atoms with van der Waals surface area (Å²) < 4.78 is 0. The van der Waals surface area contributed by atoms with Crippen LogP contribution < -0.4 is 5.32 Å². The third kappa shape index (κ3) is 6.05. The van der Waals surface area contributed by atoms with Crippen molar-refractivity contribution in [3.8, 4) is 0 Å². The molecule has 1 saturated heterocycles. The first-order valence-corrected chi connectivity index (χ1v) is 7.24. The molecule has 22 heavy (non-hydrogen) atoms. The molecule has 1 fully saturated rings. The summed E-state index contributed by atoms with van der Waals surface area (Å²) in [6.45, 7) is 1.46. The molecule has 6 nitrogen and oxygen atoms in total. The lowest BCUT2D eigenvalue weighted by molar-refractivity contribution is -0.145. The molecule has 0 unspecified atom stereocenters. The Morgan fingerprint density at radius 2 is 1.86 bits per heavy atom. The average molecular weight is 306 g/mol. The smallest absolute Gasteiger partial charge is 0.306 e. The second-order valence-corrected chi connectivity index (χ2v) is 5.05. The highest BCUT2D eigenvalue weighted by molar-refractivity contribution is 5.78. The average Bonchev–Trinajstić information content (AvgIpc) is 2.56. The van der Waals surface area contributed by atoms with E-state index in [9.17, 15) is 14.4 Å². The quantitative estimate of drug-likeness (QED) is 0.811. The summed E-state index contributed by atoms with van der Waals surface area (Å²) in [5, 5.41) is 11.5. The van der Waals surface area contributed by atoms with Crippen molar-refractivity contribution >= 4 is 18.2 Å². The Hall–Kier alpha value is -2.21. The molecule has 0 aliphatic carbocycles. The molecule has 2 N–H and O–H groups in total. The molecule has 0 bridgehead atoms. The van der Waals surface area contributed by atoms with Crippen molar-refractivity contribution in [1.82, 2.24) is 10.2 Å². The van der Waals surface area contributed by atoms with Gasteiger partial charge in [0, 0.05) is 18.7 Å². The maximum atomic E-state index is 11.4. The van der Waals surface area contributed by atoms with Gasteiger partial charge < -0.3 is 15.3 Å². The standard InChI is InChI=1S/C9H16N2O3.C7H6O/c1-10-6-8(12)11-4-2-7(3-5-11)9(13)14;8-6-7-4-2-1-3-5-7/h7,10H,2-6H2,1H3,(H,13,14);1-6H. The fraction of sp³-hybridized carbons (Fsp3) is 0.438. The van der Waals surface area contributed by atoms with E-state index in [0.29, 0.717) is 32.5 Å². The molecule has 1 aliphatic heterocycles. The third-order valence-electron chi connectivity index (χ3n) is 3.46. The van der Waals surface area contributed by atoms with Gasteiger partial charge in [0.15, 0.2) is 0 Å². The molecule has 0 radical (unpaired) electrons. The van der Waals surface area contributed by atoms with E-state index in [4.69, 9.17) is 5.11 Å². The zero-order valence-electron chi connectivity index (χ0n) is 12.7. The lowest BCUT2D eigenvalue weighted by atomic mass is 9.97. The summed E-state index contributed by atoms with van der Waals surface area (Å²) in [6.07, 6.45) is 1.98. The van der Waals surface area contributed by atoms with Gasteiger partial charge in [-0.3, -0.25) is 14.4 Å². The number of amides is 1. The number of aldehydes is 1. The van der Waals surface area contributed by atoms with Gasteiger partial charge in [-0.15, -0.1) is 0 Å². The van der Waals surface area contributed by atoms with Crippen LogP contribution in [0, 0.1) is 5.92 Å². The first-order chi connectivity index (χ1) is 10.6. The van der Waals surface area contributed by atoms with Gasteiger partial charge in [-0.05, 0) is 19.9 Å². The van der Waals surface area contributed by atoms with E-state index in [2.05, 4.69) is 5.32 Å². The molecular formula is C16H22N2O4. The lowest BCUT2D eigenvalue weighted by Gasteiger charge is -2.30. The summed E-state index contributed by atoms with van der Waals surface area (Å²) in [7, 11) is 1.72. The fourth-order valence-corrected chi connectivity index (χ4v) is 2.17. The summed E-state index contributed by atoms with van der Waals surface area (Å²) in [6, 6.07) is 9.10. The van der Waals surface area contributed by atoms with Crippen LogP contribution in [0.2, 0.25) is 0 Å². The van der Waals surface area contributed by atoms with Crippen LogP contribution in [0.4, 0.5) is 0 Å². The van der Waals surface area contributed by atoms with Gasteiger partial charge in [-0.25, -0.2) is 0 Å². The van der Waals surface area contributed by atoms with Gasteiger partial charge in [0.25, 0.3) is 0 Å². The van der Waals surface area contributed by atoms with Crippen molar-refractivity contribution in [2.45, 2.75) is 12.8 Å². The molecule has 6 heteroatoms. The van der Waals surface area contributed by atoms with Crippen LogP contribution in [-0.4, -0.2) is 54.9 Å². The van der Waals surface area contributed by atoms with E-state index in [1.54, 1.807) is 24.1 Å². The van der Waals surface area contributed by atoms with Gasteiger partial charge in [0.1, 0.15) is 6.29 Å². The van der Waals surface area contributed by atoms with Crippen LogP contribution in [0.25, 0.3) is 0 Å². The van der Waals surface area contributed by atoms with Crippen LogP contribution in [0.15, 0.2) is 30.3 Å². The number of piperidine rings is 1. The van der Waals surface area contributed by atoms with Crippen LogP contribution in [0.5, 0.6) is 0 Å². The molecule has 1 amide bonds. The van der Waals surface area contributed by atoms with Gasteiger partial charge in [0.05, 0.1) is 12.5 Å². The van der Waals surface area contributed by atoms with Crippen LogP contribution in [-0.2, 0) is 9.59 Å². The number of carbonyl (C=O) groups excluding carboxylic acids is 2. The molecule has 0 atom stereocenters. The molecule has 1 heterocycles. The lowest BCUT2D eigenvalue weighted by Crippen LogP contribution is -2.43. The van der Waals surface area contributed by atoms with Crippen molar-refractivity contribution in [2.75, 3.05) is 26.7 Å². The number of nitrogens with zero attached hydrogens (tertiary/aromatic N) is 1. The third-order valence-corrected chi connectivity index (χ3v) is 3.46. The normalized spacial score (nSPS) is 14.7. The number of nitrogens with one attached hydrogen (secondary N) is 1. The predicted molar refractivity (Wildman–Crippen MR) is 82.7 cm³/mol. The molecule has 120 valence electrons. The zero-order valence-corrected chi connectivity index (χ0v) is 12.7. The van der Waals surface area contributed by atoms with E-state index in [0.717, 1.165) is 11.8 Å². The van der Waals surface area contributed by atoms with Crippen LogP contribution in [0.3, 0.4) is 0 Å². The highest BCUT2D eigenvalue weighted by Crippen LogP contribution is 2.16. The Bertz CT molecular complexity index is 482. The van der Waals surface area contributed by atoms with Gasteiger partial charge in [-0.2, -0.15) is 0 Å². The first kappa shape index (κ1) is 17.8. The van der Waals surface area contributed by atoms with Crippen molar-refractivity contribution in [1.29, 1.82) is 0 Å². The van der Waals surface area contributed by atoms with Crippen molar-refractivity contribution in [2.24, 2.45) is 5.92 Å². The van der Waals surface area contributed by atoms with E-state index in [-0.39, 0.29) is 11.8 Å². The SMILES string of the molecule is CNCC(=O)N1CCC(C(=O)O)CC1.O=Cc1ccccc1. The molecule has 0 saturated carbocycles. The Balaban J connectivity index is 0.000000255. The number of aliphatic carboxylic acids is 1. The molecule has 2 rings (SSSR count). The Kier molecular flexibility index (Phi) is 7.85. The summed E-state index contributed by atoms with van der Waals surface area (Å²) in [5.74, 6) is -0.962. The first-order valence-electron chi connectivity index (χ1n) is 7.24. The number of likely N-dealkylation sites (tertiary alicyclic amines) is 1. The number of hydrogen-bond donors (Lipinski definition) is 2. The molecule has 0 aromatic heterocycles. The monoisotopic (exact) mass is 306 g/mol. The zero-order chi connectivity index (χ0) is 16.4. The molecule has 1 aromatic carbocycles. The Labute approximate surface area is 130 Å². The van der Waals surface area contributed by atoms with E-state index in [1.165, 1.54) is 0 Å². The number of benzene rings is 1. The fourth-order valence-electron chi connectivity index (χ4n) is 2.17. The number of rotatable bonds is 4. The van der Waals surface area contributed by atoms with Crippen LogP contribution >= 0.6 is 0 Å². The second-order valence-electron chi connectivity index (χ2n) is 5.05. The maximum Gasteiger partial charge on any atom is 0.306 e. The molecular weight excluding hydrogens is 284 g/mol. The van der Waals surface area contributed by atoms with Gasteiger partial charge in [0.2, 0.25) is 5.91 Å². The van der Waals surface area contributed by atoms with E-state index < -0.39 is 5.97 Å². The van der Waals surface area contributed by atoms with Crippen molar-refractivity contribution in [3.05, 3.63) is 35.9 Å². The van der Waals surface area contributed by atoms with Gasteiger partial charge >= 0.3 is 5.97 Å². The number of carboxylic acids is 1. The van der Waals surface area contributed by atoms with E-state index in [1.807, 2.05) is 18.2 Å². The van der Waals surface area contributed by atoms with Crippen molar-refractivity contribution in [3.63, 3.8) is 0 Å². The highest BCUT2D eigenvalue weighted by Gasteiger charge is 2.26. The molecule has 1 aromatic rings. The second kappa shape index (κ2) is 9.68.